The smallest absolute Gasteiger partial charge is 0.223 e. The van der Waals surface area contributed by atoms with Gasteiger partial charge >= 0.3 is 0 Å². The van der Waals surface area contributed by atoms with Gasteiger partial charge in [-0.25, -0.2) is 0 Å². The van der Waals surface area contributed by atoms with Crippen molar-refractivity contribution in [2.24, 2.45) is 0 Å². The summed E-state index contributed by atoms with van der Waals surface area (Å²) in [5, 5.41) is 16.1. The van der Waals surface area contributed by atoms with E-state index in [1.165, 1.54) is 0 Å². The van der Waals surface area contributed by atoms with Crippen LogP contribution in [0.25, 0.3) is 0 Å². The molecule has 1 fully saturated rings. The molecule has 0 unspecified atom stereocenters. The maximum Gasteiger partial charge on any atom is 0.223 e. The standard InChI is InChI=1S/C13H21N5O/c1-10(5-6-14)15-12-4-3-7-18(8-12)9-13-16-11(2)19-17-13/h10,12,15H,3-5,7-9H2,1-2H3/t10-,12-/m1/s1. The van der Waals surface area contributed by atoms with Gasteiger partial charge in [0.05, 0.1) is 19.0 Å². The van der Waals surface area contributed by atoms with Crippen molar-refractivity contribution in [2.75, 3.05) is 13.1 Å². The lowest BCUT2D eigenvalue weighted by Crippen LogP contribution is -2.48. The van der Waals surface area contributed by atoms with Crippen LogP contribution >= 0.6 is 0 Å². The molecule has 0 amide bonds. The number of aromatic nitrogens is 2. The van der Waals surface area contributed by atoms with Gasteiger partial charge in [-0.3, -0.25) is 4.90 Å². The molecule has 0 bridgehead atoms. The number of nitrogens with one attached hydrogen (secondary N) is 1. The summed E-state index contributed by atoms with van der Waals surface area (Å²) in [6, 6.07) is 2.90. The Kier molecular flexibility index (Phi) is 4.88. The van der Waals surface area contributed by atoms with E-state index in [4.69, 9.17) is 9.78 Å². The Labute approximate surface area is 113 Å². The van der Waals surface area contributed by atoms with Gasteiger partial charge < -0.3 is 9.84 Å². The lowest BCUT2D eigenvalue weighted by molar-refractivity contribution is 0.172. The second-order valence-electron chi connectivity index (χ2n) is 5.23. The number of piperidine rings is 1. The number of hydrogen-bond acceptors (Lipinski definition) is 6. The highest BCUT2D eigenvalue weighted by atomic mass is 16.5. The Hall–Kier alpha value is -1.45. The molecule has 6 nitrogen and oxygen atoms in total. The molecular formula is C13H21N5O. The summed E-state index contributed by atoms with van der Waals surface area (Å²) in [7, 11) is 0. The molecule has 0 aliphatic carbocycles. The van der Waals surface area contributed by atoms with Crippen LogP contribution in [-0.4, -0.2) is 40.2 Å². The number of hydrogen-bond donors (Lipinski definition) is 1. The van der Waals surface area contributed by atoms with Crippen molar-refractivity contribution in [3.63, 3.8) is 0 Å². The van der Waals surface area contributed by atoms with Crippen molar-refractivity contribution in [2.45, 2.75) is 51.7 Å². The summed E-state index contributed by atoms with van der Waals surface area (Å²) in [4.78, 5) is 6.58. The maximum absolute atomic E-state index is 8.69. The Morgan fingerprint density at radius 3 is 3.16 bits per heavy atom. The first-order valence-electron chi connectivity index (χ1n) is 6.82. The molecule has 2 rings (SSSR count). The molecular weight excluding hydrogens is 242 g/mol. The number of likely N-dealkylation sites (tertiary alicyclic amines) is 1. The van der Waals surface area contributed by atoms with Crippen molar-refractivity contribution in [1.29, 1.82) is 5.26 Å². The predicted molar refractivity (Wildman–Crippen MR) is 70.2 cm³/mol. The molecule has 1 aromatic rings. The van der Waals surface area contributed by atoms with E-state index in [1.54, 1.807) is 6.92 Å². The van der Waals surface area contributed by atoms with Gasteiger partial charge in [-0.15, -0.1) is 0 Å². The topological polar surface area (TPSA) is 78.0 Å². The molecule has 1 aromatic heterocycles. The molecule has 2 heterocycles. The molecule has 0 spiro atoms. The van der Waals surface area contributed by atoms with Gasteiger partial charge in [-0.2, -0.15) is 10.2 Å². The minimum absolute atomic E-state index is 0.252. The Morgan fingerprint density at radius 1 is 1.63 bits per heavy atom. The summed E-state index contributed by atoms with van der Waals surface area (Å²) in [6.45, 7) is 6.65. The van der Waals surface area contributed by atoms with Crippen molar-refractivity contribution in [3.05, 3.63) is 11.7 Å². The molecule has 6 heteroatoms. The Morgan fingerprint density at radius 2 is 2.47 bits per heavy atom. The summed E-state index contributed by atoms with van der Waals surface area (Å²) in [5.41, 5.74) is 0. The van der Waals surface area contributed by atoms with E-state index >= 15 is 0 Å². The van der Waals surface area contributed by atoms with Crippen LogP contribution in [-0.2, 0) is 6.54 Å². The molecule has 1 aliphatic rings. The van der Waals surface area contributed by atoms with Crippen LogP contribution in [0.5, 0.6) is 0 Å². The third kappa shape index (κ3) is 4.30. The summed E-state index contributed by atoms with van der Waals surface area (Å²) in [5.74, 6) is 1.37. The van der Waals surface area contributed by atoms with Crippen LogP contribution in [0, 0.1) is 18.3 Å². The van der Waals surface area contributed by atoms with Crippen LogP contribution in [0.3, 0.4) is 0 Å². The van der Waals surface area contributed by atoms with Crippen LogP contribution in [0.1, 0.15) is 37.9 Å². The summed E-state index contributed by atoms with van der Waals surface area (Å²) < 4.78 is 4.99. The average Bonchev–Trinajstić information content (AvgIpc) is 2.75. The molecule has 104 valence electrons. The molecule has 1 saturated heterocycles. The van der Waals surface area contributed by atoms with Crippen LogP contribution in [0.2, 0.25) is 0 Å². The number of rotatable bonds is 5. The lowest BCUT2D eigenvalue weighted by atomic mass is 10.0. The third-order valence-corrected chi connectivity index (χ3v) is 3.36. The zero-order valence-corrected chi connectivity index (χ0v) is 11.6. The monoisotopic (exact) mass is 263 g/mol. The average molecular weight is 263 g/mol. The van der Waals surface area contributed by atoms with Gasteiger partial charge in [0, 0.05) is 25.6 Å². The highest BCUT2D eigenvalue weighted by Crippen LogP contribution is 2.13. The second kappa shape index (κ2) is 6.64. The van der Waals surface area contributed by atoms with E-state index < -0.39 is 0 Å². The summed E-state index contributed by atoms with van der Waals surface area (Å²) >= 11 is 0. The highest BCUT2D eigenvalue weighted by molar-refractivity contribution is 4.88. The number of nitriles is 1. The van der Waals surface area contributed by atoms with E-state index in [0.29, 0.717) is 18.4 Å². The fourth-order valence-electron chi connectivity index (χ4n) is 2.54. The van der Waals surface area contributed by atoms with Crippen molar-refractivity contribution >= 4 is 0 Å². The highest BCUT2D eigenvalue weighted by Gasteiger charge is 2.22. The van der Waals surface area contributed by atoms with E-state index in [-0.39, 0.29) is 6.04 Å². The molecule has 1 aliphatic heterocycles. The largest absolute Gasteiger partial charge is 0.340 e. The molecule has 19 heavy (non-hydrogen) atoms. The minimum Gasteiger partial charge on any atom is -0.340 e. The first-order chi connectivity index (χ1) is 9.17. The zero-order valence-electron chi connectivity index (χ0n) is 11.6. The SMILES string of the molecule is Cc1nc(CN2CCC[C@@H](N[C@H](C)CC#N)C2)no1. The van der Waals surface area contributed by atoms with Gasteiger partial charge in [-0.05, 0) is 26.3 Å². The van der Waals surface area contributed by atoms with Crippen LogP contribution in [0.15, 0.2) is 4.52 Å². The van der Waals surface area contributed by atoms with Crippen LogP contribution < -0.4 is 5.32 Å². The number of aryl methyl sites for hydroxylation is 1. The van der Waals surface area contributed by atoms with E-state index in [1.807, 2.05) is 0 Å². The Balaban J connectivity index is 1.82. The minimum atomic E-state index is 0.252. The van der Waals surface area contributed by atoms with Gasteiger partial charge in [-0.1, -0.05) is 5.16 Å². The summed E-state index contributed by atoms with van der Waals surface area (Å²) in [6.07, 6.45) is 2.88. The molecule has 2 atom stereocenters. The number of nitrogens with zero attached hydrogens (tertiary/aromatic N) is 4. The normalized spacial score (nSPS) is 22.1. The Bertz CT molecular complexity index is 438. The van der Waals surface area contributed by atoms with Gasteiger partial charge in [0.15, 0.2) is 5.82 Å². The molecule has 1 N–H and O–H groups in total. The maximum atomic E-state index is 8.69. The van der Waals surface area contributed by atoms with E-state index in [2.05, 4.69) is 33.4 Å². The zero-order chi connectivity index (χ0) is 13.7. The van der Waals surface area contributed by atoms with Crippen molar-refractivity contribution < 1.29 is 4.52 Å². The van der Waals surface area contributed by atoms with E-state index in [0.717, 1.165) is 38.3 Å². The lowest BCUT2D eigenvalue weighted by Gasteiger charge is -2.33. The predicted octanol–water partition coefficient (Wildman–Crippen LogP) is 1.23. The fraction of sp³-hybridized carbons (Fsp3) is 0.769. The quantitative estimate of drug-likeness (QED) is 0.861. The van der Waals surface area contributed by atoms with Gasteiger partial charge in [0.2, 0.25) is 5.89 Å². The fourth-order valence-corrected chi connectivity index (χ4v) is 2.54. The van der Waals surface area contributed by atoms with Gasteiger partial charge in [0.1, 0.15) is 0 Å². The van der Waals surface area contributed by atoms with E-state index in [9.17, 15) is 0 Å². The first-order valence-corrected chi connectivity index (χ1v) is 6.82. The molecule has 0 saturated carbocycles. The third-order valence-electron chi connectivity index (χ3n) is 3.36. The molecule has 0 radical (unpaired) electrons. The van der Waals surface area contributed by atoms with Crippen molar-refractivity contribution in [1.82, 2.24) is 20.4 Å². The molecule has 0 aromatic carbocycles. The van der Waals surface area contributed by atoms with Gasteiger partial charge in [0.25, 0.3) is 0 Å². The van der Waals surface area contributed by atoms with Crippen molar-refractivity contribution in [3.8, 4) is 6.07 Å². The second-order valence-corrected chi connectivity index (χ2v) is 5.23. The van der Waals surface area contributed by atoms with Crippen LogP contribution in [0.4, 0.5) is 0 Å². The first kappa shape index (κ1) is 14.0.